The van der Waals surface area contributed by atoms with Gasteiger partial charge in [-0.2, -0.15) is 0 Å². The van der Waals surface area contributed by atoms with E-state index in [-0.39, 0.29) is 6.54 Å². The Morgan fingerprint density at radius 3 is 2.52 bits per heavy atom. The van der Waals surface area contributed by atoms with Gasteiger partial charge in [0, 0.05) is 12.6 Å². The number of para-hydroxylation sites is 1. The van der Waals surface area contributed by atoms with Gasteiger partial charge in [-0.1, -0.05) is 24.3 Å². The van der Waals surface area contributed by atoms with Crippen LogP contribution >= 0.6 is 0 Å². The third-order valence-electron chi connectivity index (χ3n) is 3.04. The van der Waals surface area contributed by atoms with Crippen molar-refractivity contribution < 1.29 is 14.3 Å². The standard InChI is InChI=1S/C17H19N3O3/c1-13(21)20(15-7-5-6-14(18)12-15)17(22)19-10-11-23-16-8-3-2-4-9-16/h2-9,12H,10-11,18H2,1H3,(H,19,22). The molecule has 0 saturated heterocycles. The summed E-state index contributed by atoms with van der Waals surface area (Å²) in [5.74, 6) is 0.332. The second kappa shape index (κ2) is 7.84. The van der Waals surface area contributed by atoms with Crippen LogP contribution in [0.2, 0.25) is 0 Å². The molecule has 0 unspecified atom stereocenters. The number of urea groups is 1. The quantitative estimate of drug-likeness (QED) is 0.656. The molecule has 0 heterocycles. The Morgan fingerprint density at radius 2 is 1.87 bits per heavy atom. The number of hydrogen-bond donors (Lipinski definition) is 2. The molecule has 0 fully saturated rings. The SMILES string of the molecule is CC(=O)N(C(=O)NCCOc1ccccc1)c1cccc(N)c1. The van der Waals surface area contributed by atoms with Gasteiger partial charge in [0.1, 0.15) is 12.4 Å². The van der Waals surface area contributed by atoms with Crippen molar-refractivity contribution in [1.29, 1.82) is 0 Å². The van der Waals surface area contributed by atoms with Gasteiger partial charge in [0.05, 0.1) is 12.2 Å². The number of benzene rings is 2. The molecule has 0 radical (unpaired) electrons. The van der Waals surface area contributed by atoms with Gasteiger partial charge in [-0.25, -0.2) is 9.69 Å². The number of nitrogens with two attached hydrogens (primary N) is 1. The number of rotatable bonds is 5. The molecular formula is C17H19N3O3. The van der Waals surface area contributed by atoms with E-state index in [1.807, 2.05) is 30.3 Å². The number of imide groups is 1. The lowest BCUT2D eigenvalue weighted by Crippen LogP contribution is -2.44. The average molecular weight is 313 g/mol. The number of carbonyl (C=O) groups is 2. The minimum atomic E-state index is -0.514. The predicted molar refractivity (Wildman–Crippen MR) is 89.4 cm³/mol. The summed E-state index contributed by atoms with van der Waals surface area (Å²) in [6, 6.07) is 15.4. The highest BCUT2D eigenvalue weighted by atomic mass is 16.5. The van der Waals surface area contributed by atoms with Gasteiger partial charge in [0.2, 0.25) is 5.91 Å². The van der Waals surface area contributed by atoms with Crippen LogP contribution in [0.5, 0.6) is 5.75 Å². The predicted octanol–water partition coefficient (Wildman–Crippen LogP) is 2.41. The normalized spacial score (nSPS) is 9.96. The summed E-state index contributed by atoms with van der Waals surface area (Å²) in [5, 5.41) is 2.65. The van der Waals surface area contributed by atoms with Gasteiger partial charge in [-0.15, -0.1) is 0 Å². The number of nitrogens with one attached hydrogen (secondary N) is 1. The molecule has 2 rings (SSSR count). The van der Waals surface area contributed by atoms with E-state index in [0.717, 1.165) is 10.6 Å². The molecule has 0 bridgehead atoms. The first-order chi connectivity index (χ1) is 11.1. The van der Waals surface area contributed by atoms with Crippen LogP contribution in [0.3, 0.4) is 0 Å². The number of nitrogen functional groups attached to an aromatic ring is 1. The van der Waals surface area contributed by atoms with E-state index in [4.69, 9.17) is 10.5 Å². The van der Waals surface area contributed by atoms with Crippen LogP contribution in [0, 0.1) is 0 Å². The molecule has 6 nitrogen and oxygen atoms in total. The van der Waals surface area contributed by atoms with E-state index in [9.17, 15) is 9.59 Å². The summed E-state index contributed by atoms with van der Waals surface area (Å²) < 4.78 is 5.48. The zero-order valence-electron chi connectivity index (χ0n) is 12.9. The lowest BCUT2D eigenvalue weighted by atomic mass is 10.2. The monoisotopic (exact) mass is 313 g/mol. The Kier molecular flexibility index (Phi) is 5.57. The van der Waals surface area contributed by atoms with E-state index in [1.54, 1.807) is 24.3 Å². The molecule has 0 spiro atoms. The van der Waals surface area contributed by atoms with Crippen LogP contribution in [-0.2, 0) is 4.79 Å². The molecule has 6 heteroatoms. The second-order valence-corrected chi connectivity index (χ2v) is 4.84. The fraction of sp³-hybridized carbons (Fsp3) is 0.176. The Morgan fingerprint density at radius 1 is 1.13 bits per heavy atom. The van der Waals surface area contributed by atoms with Gasteiger partial charge < -0.3 is 15.8 Å². The third-order valence-corrected chi connectivity index (χ3v) is 3.04. The van der Waals surface area contributed by atoms with Gasteiger partial charge >= 0.3 is 6.03 Å². The summed E-state index contributed by atoms with van der Waals surface area (Å²) >= 11 is 0. The summed E-state index contributed by atoms with van der Waals surface area (Å²) in [5.41, 5.74) is 6.60. The Hall–Kier alpha value is -3.02. The molecule has 0 aliphatic heterocycles. The Bertz CT molecular complexity index is 674. The molecule has 0 aliphatic rings. The first-order valence-electron chi connectivity index (χ1n) is 7.20. The largest absolute Gasteiger partial charge is 0.492 e. The number of carbonyl (C=O) groups excluding carboxylic acids is 2. The van der Waals surface area contributed by atoms with E-state index in [1.165, 1.54) is 6.92 Å². The molecule has 0 saturated carbocycles. The molecule has 2 aromatic carbocycles. The molecular weight excluding hydrogens is 294 g/mol. The van der Waals surface area contributed by atoms with Crippen molar-refractivity contribution in [1.82, 2.24) is 5.32 Å². The van der Waals surface area contributed by atoms with Crippen LogP contribution in [-0.4, -0.2) is 25.1 Å². The van der Waals surface area contributed by atoms with Gasteiger partial charge in [0.25, 0.3) is 0 Å². The maximum Gasteiger partial charge on any atom is 0.328 e. The minimum Gasteiger partial charge on any atom is -0.492 e. The second-order valence-electron chi connectivity index (χ2n) is 4.84. The smallest absolute Gasteiger partial charge is 0.328 e. The molecule has 120 valence electrons. The van der Waals surface area contributed by atoms with Crippen molar-refractivity contribution >= 4 is 23.3 Å². The number of amides is 3. The van der Waals surface area contributed by atoms with Gasteiger partial charge in [-0.05, 0) is 30.3 Å². The molecule has 0 aromatic heterocycles. The Balaban J connectivity index is 1.90. The highest BCUT2D eigenvalue weighted by Crippen LogP contribution is 2.17. The van der Waals surface area contributed by atoms with Gasteiger partial charge in [0.15, 0.2) is 0 Å². The molecule has 0 atom stereocenters. The summed E-state index contributed by atoms with van der Waals surface area (Å²) in [7, 11) is 0. The number of nitrogens with zero attached hydrogens (tertiary/aromatic N) is 1. The first-order valence-corrected chi connectivity index (χ1v) is 7.20. The fourth-order valence-corrected chi connectivity index (χ4v) is 2.03. The highest BCUT2D eigenvalue weighted by molar-refractivity contribution is 6.13. The highest BCUT2D eigenvalue weighted by Gasteiger charge is 2.19. The lowest BCUT2D eigenvalue weighted by molar-refractivity contribution is -0.115. The minimum absolute atomic E-state index is 0.278. The maximum atomic E-state index is 12.2. The van der Waals surface area contributed by atoms with E-state index in [0.29, 0.717) is 18.0 Å². The van der Waals surface area contributed by atoms with Crippen LogP contribution < -0.4 is 20.7 Å². The van der Waals surface area contributed by atoms with Crippen LogP contribution in [0.25, 0.3) is 0 Å². The van der Waals surface area contributed by atoms with Crippen molar-refractivity contribution in [3.63, 3.8) is 0 Å². The van der Waals surface area contributed by atoms with Crippen molar-refractivity contribution in [3.05, 3.63) is 54.6 Å². The third kappa shape index (κ3) is 4.74. The lowest BCUT2D eigenvalue weighted by Gasteiger charge is -2.20. The van der Waals surface area contributed by atoms with E-state index >= 15 is 0 Å². The summed E-state index contributed by atoms with van der Waals surface area (Å²) in [6.07, 6.45) is 0. The topological polar surface area (TPSA) is 84.7 Å². The molecule has 0 aliphatic carbocycles. The fourth-order valence-electron chi connectivity index (χ4n) is 2.03. The van der Waals surface area contributed by atoms with Crippen LogP contribution in [0.15, 0.2) is 54.6 Å². The van der Waals surface area contributed by atoms with Crippen LogP contribution in [0.1, 0.15) is 6.92 Å². The van der Waals surface area contributed by atoms with Crippen molar-refractivity contribution in [2.45, 2.75) is 6.92 Å². The van der Waals surface area contributed by atoms with Crippen molar-refractivity contribution in [2.24, 2.45) is 0 Å². The molecule has 3 amide bonds. The maximum absolute atomic E-state index is 12.2. The first kappa shape index (κ1) is 16.4. The Labute approximate surface area is 134 Å². The summed E-state index contributed by atoms with van der Waals surface area (Å²) in [6.45, 7) is 1.90. The molecule has 2 aromatic rings. The van der Waals surface area contributed by atoms with Crippen molar-refractivity contribution in [2.75, 3.05) is 23.8 Å². The van der Waals surface area contributed by atoms with E-state index in [2.05, 4.69) is 5.32 Å². The zero-order chi connectivity index (χ0) is 16.7. The van der Waals surface area contributed by atoms with E-state index < -0.39 is 11.9 Å². The summed E-state index contributed by atoms with van der Waals surface area (Å²) in [4.78, 5) is 25.0. The van der Waals surface area contributed by atoms with Crippen LogP contribution in [0.4, 0.5) is 16.2 Å². The molecule has 3 N–H and O–H groups in total. The number of ether oxygens (including phenoxy) is 1. The number of anilines is 2. The number of hydrogen-bond acceptors (Lipinski definition) is 4. The molecule has 23 heavy (non-hydrogen) atoms. The zero-order valence-corrected chi connectivity index (χ0v) is 12.9. The van der Waals surface area contributed by atoms with Gasteiger partial charge in [-0.3, -0.25) is 4.79 Å². The average Bonchev–Trinajstić information content (AvgIpc) is 2.52. The van der Waals surface area contributed by atoms with Crippen molar-refractivity contribution in [3.8, 4) is 5.75 Å².